The Morgan fingerprint density at radius 1 is 1.13 bits per heavy atom. The number of aliphatic hydroxyl groups excluding tert-OH is 1. The summed E-state index contributed by atoms with van der Waals surface area (Å²) in [6.07, 6.45) is 0. The monoisotopic (exact) mass is 435 g/mol. The molecule has 0 radical (unpaired) electrons. The topological polar surface area (TPSA) is 87.1 Å². The molecule has 1 saturated heterocycles. The van der Waals surface area contributed by atoms with Gasteiger partial charge in [0.15, 0.2) is 11.5 Å². The molecule has 1 aliphatic rings. The molecule has 3 aromatic rings. The molecule has 2 aromatic carbocycles. The number of carbonyl (C=O) groups is 2. The van der Waals surface area contributed by atoms with Crippen molar-refractivity contribution in [1.29, 1.82) is 0 Å². The van der Waals surface area contributed by atoms with Gasteiger partial charge in [0.25, 0.3) is 11.7 Å². The second-order valence-electron chi connectivity index (χ2n) is 7.30. The van der Waals surface area contributed by atoms with Crippen molar-refractivity contribution in [1.82, 2.24) is 4.90 Å². The van der Waals surface area contributed by atoms with Crippen LogP contribution in [0.3, 0.4) is 0 Å². The number of ketones is 1. The number of methoxy groups -OCH3 is 1. The van der Waals surface area contributed by atoms with Crippen molar-refractivity contribution in [3.63, 3.8) is 0 Å². The number of likely N-dealkylation sites (tertiary alicyclic amines) is 1. The Morgan fingerprint density at radius 3 is 2.52 bits per heavy atom. The van der Waals surface area contributed by atoms with Gasteiger partial charge in [0, 0.05) is 10.4 Å². The van der Waals surface area contributed by atoms with Gasteiger partial charge in [-0.25, -0.2) is 0 Å². The number of hydrogen-bond acceptors (Lipinski definition) is 6. The lowest BCUT2D eigenvalue weighted by Gasteiger charge is -2.25. The Balaban J connectivity index is 1.89. The number of Topliss-reactive ketones (excluding diaryl/α,β-unsaturated/α-hetero) is 1. The number of ether oxygens (including phenoxy) is 1. The molecule has 1 fully saturated rings. The summed E-state index contributed by atoms with van der Waals surface area (Å²) in [7, 11) is 1.42. The van der Waals surface area contributed by atoms with E-state index in [1.807, 2.05) is 36.6 Å². The molecule has 2 heterocycles. The van der Waals surface area contributed by atoms with Crippen LogP contribution in [0.1, 0.15) is 27.6 Å². The van der Waals surface area contributed by atoms with Crippen LogP contribution in [0, 0.1) is 6.92 Å². The maximum absolute atomic E-state index is 13.0. The molecular weight excluding hydrogens is 414 g/mol. The van der Waals surface area contributed by atoms with Crippen LogP contribution in [-0.2, 0) is 16.1 Å². The van der Waals surface area contributed by atoms with E-state index >= 15 is 0 Å². The highest BCUT2D eigenvalue weighted by Gasteiger charge is 2.46. The summed E-state index contributed by atoms with van der Waals surface area (Å²) in [6, 6.07) is 14.7. The van der Waals surface area contributed by atoms with Crippen molar-refractivity contribution >= 4 is 28.8 Å². The van der Waals surface area contributed by atoms with E-state index in [1.54, 1.807) is 24.3 Å². The Bertz CT molecular complexity index is 1170. The lowest BCUT2D eigenvalue weighted by molar-refractivity contribution is -0.140. The number of amides is 1. The SMILES string of the molecule is COc1cc(C2/C(=C(\O)c3ccc(C)cc3)C(=O)C(=O)N2Cc2cccs2)ccc1O. The zero-order valence-corrected chi connectivity index (χ0v) is 17.8. The fourth-order valence-corrected chi connectivity index (χ4v) is 4.39. The number of benzene rings is 2. The normalized spacial score (nSPS) is 17.9. The second-order valence-corrected chi connectivity index (χ2v) is 8.34. The van der Waals surface area contributed by atoms with Crippen molar-refractivity contribution in [3.05, 3.63) is 87.1 Å². The molecule has 2 N–H and O–H groups in total. The zero-order chi connectivity index (χ0) is 22.1. The predicted molar refractivity (Wildman–Crippen MR) is 118 cm³/mol. The smallest absolute Gasteiger partial charge is 0.295 e. The van der Waals surface area contributed by atoms with Gasteiger partial charge in [-0.05, 0) is 36.1 Å². The third kappa shape index (κ3) is 3.80. The Kier molecular flexibility index (Phi) is 5.52. The number of hydrogen-bond donors (Lipinski definition) is 2. The largest absolute Gasteiger partial charge is 0.507 e. The average Bonchev–Trinajstić information content (AvgIpc) is 3.37. The second kappa shape index (κ2) is 8.28. The first kappa shape index (κ1) is 20.7. The maximum Gasteiger partial charge on any atom is 0.295 e. The van der Waals surface area contributed by atoms with Gasteiger partial charge in [-0.15, -0.1) is 11.3 Å². The maximum atomic E-state index is 13.0. The highest BCUT2D eigenvalue weighted by atomic mass is 32.1. The molecule has 7 heteroatoms. The Hall–Kier alpha value is -3.58. The van der Waals surface area contributed by atoms with Crippen molar-refractivity contribution < 1.29 is 24.5 Å². The number of aliphatic hydroxyl groups is 1. The van der Waals surface area contributed by atoms with E-state index in [1.165, 1.54) is 29.4 Å². The fourth-order valence-electron chi connectivity index (χ4n) is 3.69. The van der Waals surface area contributed by atoms with E-state index in [9.17, 15) is 19.8 Å². The molecule has 158 valence electrons. The van der Waals surface area contributed by atoms with Crippen LogP contribution in [0.15, 0.2) is 65.6 Å². The molecule has 0 bridgehead atoms. The van der Waals surface area contributed by atoms with Gasteiger partial charge < -0.3 is 19.8 Å². The van der Waals surface area contributed by atoms with Crippen molar-refractivity contribution in [2.24, 2.45) is 0 Å². The number of carbonyl (C=O) groups excluding carboxylic acids is 2. The standard InChI is InChI=1S/C24H21NO5S/c1-14-5-7-15(8-6-14)22(27)20-21(16-9-10-18(26)19(12-16)30-2)25(24(29)23(20)28)13-17-4-3-11-31-17/h3-12,21,26-27H,13H2,1-2H3/b22-20+. The van der Waals surface area contributed by atoms with E-state index in [2.05, 4.69) is 0 Å². The van der Waals surface area contributed by atoms with Crippen LogP contribution in [0.2, 0.25) is 0 Å². The fraction of sp³-hybridized carbons (Fsp3) is 0.167. The van der Waals surface area contributed by atoms with E-state index in [-0.39, 0.29) is 29.4 Å². The van der Waals surface area contributed by atoms with Crippen molar-refractivity contribution in [2.75, 3.05) is 7.11 Å². The number of aryl methyl sites for hydroxylation is 1. The summed E-state index contributed by atoms with van der Waals surface area (Å²) in [5.74, 6) is -1.50. The van der Waals surface area contributed by atoms with E-state index in [4.69, 9.17) is 4.74 Å². The van der Waals surface area contributed by atoms with Gasteiger partial charge in [-0.3, -0.25) is 9.59 Å². The summed E-state index contributed by atoms with van der Waals surface area (Å²) >= 11 is 1.48. The van der Waals surface area contributed by atoms with Gasteiger partial charge in [-0.1, -0.05) is 42.0 Å². The van der Waals surface area contributed by atoms with E-state index < -0.39 is 17.7 Å². The highest BCUT2D eigenvalue weighted by Crippen LogP contribution is 2.42. The third-order valence-electron chi connectivity index (χ3n) is 5.29. The predicted octanol–water partition coefficient (Wildman–Crippen LogP) is 4.39. The highest BCUT2D eigenvalue weighted by molar-refractivity contribution is 7.09. The number of phenols is 1. The van der Waals surface area contributed by atoms with Crippen molar-refractivity contribution in [3.8, 4) is 11.5 Å². The summed E-state index contributed by atoms with van der Waals surface area (Å²) in [5.41, 5.74) is 2.03. The minimum Gasteiger partial charge on any atom is -0.507 e. The number of thiophene rings is 1. The van der Waals surface area contributed by atoms with Gasteiger partial charge in [0.2, 0.25) is 0 Å². The summed E-state index contributed by atoms with van der Waals surface area (Å²) in [6.45, 7) is 2.15. The molecule has 1 aliphatic heterocycles. The first-order chi connectivity index (χ1) is 14.9. The van der Waals surface area contributed by atoms with Gasteiger partial charge in [0.1, 0.15) is 5.76 Å². The van der Waals surface area contributed by atoms with Crippen molar-refractivity contribution in [2.45, 2.75) is 19.5 Å². The Morgan fingerprint density at radius 2 is 1.87 bits per heavy atom. The zero-order valence-electron chi connectivity index (χ0n) is 17.0. The minimum absolute atomic E-state index is 0.0122. The number of nitrogens with zero attached hydrogens (tertiary/aromatic N) is 1. The molecule has 31 heavy (non-hydrogen) atoms. The molecule has 4 rings (SSSR count). The Labute approximate surface area is 183 Å². The molecular formula is C24H21NO5S. The average molecular weight is 436 g/mol. The number of aromatic hydroxyl groups is 1. The molecule has 0 aliphatic carbocycles. The molecule has 0 spiro atoms. The van der Waals surface area contributed by atoms with Gasteiger partial charge in [-0.2, -0.15) is 0 Å². The van der Waals surface area contributed by atoms with Gasteiger partial charge in [0.05, 0.1) is 25.3 Å². The first-order valence-corrected chi connectivity index (χ1v) is 10.5. The molecule has 1 unspecified atom stereocenters. The van der Waals surface area contributed by atoms with Crippen LogP contribution in [-0.4, -0.2) is 33.9 Å². The van der Waals surface area contributed by atoms with Crippen LogP contribution < -0.4 is 4.74 Å². The summed E-state index contributed by atoms with van der Waals surface area (Å²) in [5, 5.41) is 23.0. The molecule has 6 nitrogen and oxygen atoms in total. The molecule has 1 aromatic heterocycles. The summed E-state index contributed by atoms with van der Waals surface area (Å²) < 4.78 is 5.22. The minimum atomic E-state index is -0.821. The first-order valence-electron chi connectivity index (χ1n) is 9.65. The van der Waals surface area contributed by atoms with Crippen LogP contribution in [0.4, 0.5) is 0 Å². The van der Waals surface area contributed by atoms with Crippen LogP contribution >= 0.6 is 11.3 Å². The van der Waals surface area contributed by atoms with Crippen LogP contribution in [0.5, 0.6) is 11.5 Å². The molecule has 0 saturated carbocycles. The quantitative estimate of drug-likeness (QED) is 0.353. The molecule has 1 atom stereocenters. The number of rotatable bonds is 5. The lowest BCUT2D eigenvalue weighted by atomic mass is 9.94. The molecule has 1 amide bonds. The van der Waals surface area contributed by atoms with E-state index in [0.717, 1.165) is 10.4 Å². The number of phenolic OH excluding ortho intramolecular Hbond substituents is 1. The lowest BCUT2D eigenvalue weighted by Crippen LogP contribution is -2.28. The summed E-state index contributed by atoms with van der Waals surface area (Å²) in [4.78, 5) is 28.4. The third-order valence-corrected chi connectivity index (χ3v) is 6.15. The van der Waals surface area contributed by atoms with E-state index in [0.29, 0.717) is 11.1 Å². The van der Waals surface area contributed by atoms with Gasteiger partial charge >= 0.3 is 0 Å². The van der Waals surface area contributed by atoms with Crippen LogP contribution in [0.25, 0.3) is 5.76 Å².